The molecule has 10 heteroatoms. The van der Waals surface area contributed by atoms with E-state index < -0.39 is 17.6 Å². The van der Waals surface area contributed by atoms with E-state index in [0.717, 1.165) is 4.90 Å². The number of amides is 2. The summed E-state index contributed by atoms with van der Waals surface area (Å²) >= 11 is 12.3. The van der Waals surface area contributed by atoms with Crippen molar-refractivity contribution in [3.05, 3.63) is 69.2 Å². The molecule has 0 radical (unpaired) electrons. The van der Waals surface area contributed by atoms with E-state index in [1.54, 1.807) is 6.07 Å². The topological polar surface area (TPSA) is 73.7 Å². The number of fused-ring (bicyclic) bond motifs is 1. The molecule has 7 nitrogen and oxygen atoms in total. The van der Waals surface area contributed by atoms with Crippen LogP contribution in [0.1, 0.15) is 26.3 Å². The van der Waals surface area contributed by atoms with Crippen molar-refractivity contribution in [2.45, 2.75) is 6.54 Å². The van der Waals surface area contributed by atoms with Crippen LogP contribution in [-0.4, -0.2) is 35.8 Å². The van der Waals surface area contributed by atoms with E-state index in [0.29, 0.717) is 5.75 Å². The molecule has 1 aliphatic heterocycles. The highest BCUT2D eigenvalue weighted by atomic mass is 35.5. The summed E-state index contributed by atoms with van der Waals surface area (Å²) < 4.78 is 25.9. The van der Waals surface area contributed by atoms with Crippen LogP contribution in [0.15, 0.2) is 36.5 Å². The highest BCUT2D eigenvalue weighted by Gasteiger charge is 2.42. The van der Waals surface area contributed by atoms with E-state index in [2.05, 4.69) is 5.10 Å². The van der Waals surface area contributed by atoms with Gasteiger partial charge in [-0.15, -0.1) is 0 Å². The normalized spacial score (nSPS) is 13.0. The molecule has 0 atom stereocenters. The van der Waals surface area contributed by atoms with Crippen molar-refractivity contribution in [3.63, 3.8) is 0 Å². The fourth-order valence-electron chi connectivity index (χ4n) is 3.32. The second-order valence-electron chi connectivity index (χ2n) is 6.37. The Balaban J connectivity index is 1.73. The highest BCUT2D eigenvalue weighted by molar-refractivity contribution is 6.39. The Hall–Kier alpha value is -3.10. The van der Waals surface area contributed by atoms with Crippen LogP contribution < -0.4 is 14.4 Å². The molecule has 0 unspecified atom stereocenters. The Bertz CT molecular complexity index is 1170. The lowest BCUT2D eigenvalue weighted by atomic mass is 10.1. The number of hydrogen-bond donors (Lipinski definition) is 0. The number of benzene rings is 2. The predicted molar refractivity (Wildman–Crippen MR) is 108 cm³/mol. The molecular formula is C20H14Cl2FN3O4. The summed E-state index contributed by atoms with van der Waals surface area (Å²) in [5.41, 5.74) is 0.497. The predicted octanol–water partition coefficient (Wildman–Crippen LogP) is 4.20. The van der Waals surface area contributed by atoms with Crippen molar-refractivity contribution in [1.29, 1.82) is 0 Å². The van der Waals surface area contributed by atoms with Crippen molar-refractivity contribution in [2.75, 3.05) is 19.1 Å². The summed E-state index contributed by atoms with van der Waals surface area (Å²) in [6, 6.07) is 7.34. The van der Waals surface area contributed by atoms with Crippen molar-refractivity contribution < 1.29 is 23.5 Å². The smallest absolute Gasteiger partial charge is 0.270 e. The summed E-state index contributed by atoms with van der Waals surface area (Å²) in [5.74, 6) is -1.25. The third kappa shape index (κ3) is 3.09. The molecule has 0 bridgehead atoms. The number of carbonyl (C=O) groups excluding carboxylic acids is 2. The van der Waals surface area contributed by atoms with Gasteiger partial charge in [-0.1, -0.05) is 29.3 Å². The summed E-state index contributed by atoms with van der Waals surface area (Å²) in [5, 5.41) is 4.22. The quantitative estimate of drug-likeness (QED) is 0.545. The van der Waals surface area contributed by atoms with Gasteiger partial charge in [0.2, 0.25) is 0 Å². The minimum Gasteiger partial charge on any atom is -0.493 e. The van der Waals surface area contributed by atoms with Gasteiger partial charge in [0.05, 0.1) is 38.1 Å². The van der Waals surface area contributed by atoms with Gasteiger partial charge in [-0.3, -0.25) is 14.3 Å². The summed E-state index contributed by atoms with van der Waals surface area (Å²) in [6.45, 7) is -0.0362. The number of nitrogens with zero attached hydrogens (tertiary/aromatic N) is 3. The van der Waals surface area contributed by atoms with E-state index in [9.17, 15) is 14.0 Å². The Labute approximate surface area is 180 Å². The molecule has 30 heavy (non-hydrogen) atoms. The minimum absolute atomic E-state index is 0.0362. The molecule has 0 fully saturated rings. The number of carbonyl (C=O) groups is 2. The van der Waals surface area contributed by atoms with Crippen molar-refractivity contribution >= 4 is 40.7 Å². The lowest BCUT2D eigenvalue weighted by Crippen LogP contribution is -2.29. The molecule has 1 aliphatic rings. The summed E-state index contributed by atoms with van der Waals surface area (Å²) in [4.78, 5) is 26.9. The lowest BCUT2D eigenvalue weighted by molar-refractivity contribution is 0.0925. The number of aromatic nitrogens is 2. The first-order chi connectivity index (χ1) is 14.4. The number of hydrogen-bond acceptors (Lipinski definition) is 5. The van der Waals surface area contributed by atoms with Crippen LogP contribution in [0.4, 0.5) is 10.1 Å². The fourth-order valence-corrected chi connectivity index (χ4v) is 3.78. The molecule has 2 aromatic carbocycles. The summed E-state index contributed by atoms with van der Waals surface area (Å²) in [7, 11) is 2.81. The average molecular weight is 450 g/mol. The number of rotatable bonds is 5. The van der Waals surface area contributed by atoms with Gasteiger partial charge in [-0.05, 0) is 24.3 Å². The van der Waals surface area contributed by atoms with Gasteiger partial charge in [0.1, 0.15) is 11.5 Å². The van der Waals surface area contributed by atoms with Crippen molar-refractivity contribution in [1.82, 2.24) is 9.78 Å². The van der Waals surface area contributed by atoms with E-state index in [1.807, 2.05) is 0 Å². The third-order valence-electron chi connectivity index (χ3n) is 4.72. The first-order valence-corrected chi connectivity index (χ1v) is 9.42. The monoisotopic (exact) mass is 449 g/mol. The Morgan fingerprint density at radius 1 is 1.07 bits per heavy atom. The van der Waals surface area contributed by atoms with Crippen LogP contribution in [0.2, 0.25) is 10.2 Å². The van der Waals surface area contributed by atoms with Crippen LogP contribution >= 0.6 is 23.2 Å². The molecule has 3 aromatic rings. The molecule has 0 N–H and O–H groups in total. The zero-order chi connectivity index (χ0) is 21.6. The van der Waals surface area contributed by atoms with Crippen molar-refractivity contribution in [2.24, 2.45) is 0 Å². The minimum atomic E-state index is -0.629. The van der Waals surface area contributed by atoms with Crippen LogP contribution in [-0.2, 0) is 6.54 Å². The first kappa shape index (κ1) is 20.2. The number of anilines is 1. The van der Waals surface area contributed by atoms with E-state index >= 15 is 0 Å². The van der Waals surface area contributed by atoms with E-state index in [1.165, 1.54) is 49.4 Å². The number of imide groups is 1. The average Bonchev–Trinajstić information content (AvgIpc) is 3.20. The van der Waals surface area contributed by atoms with Gasteiger partial charge in [-0.25, -0.2) is 9.29 Å². The molecule has 1 aromatic heterocycles. The summed E-state index contributed by atoms with van der Waals surface area (Å²) in [6.07, 6.45) is 1.39. The maximum Gasteiger partial charge on any atom is 0.270 e. The largest absolute Gasteiger partial charge is 0.493 e. The second-order valence-corrected chi connectivity index (χ2v) is 7.14. The second kappa shape index (κ2) is 7.62. The lowest BCUT2D eigenvalue weighted by Gasteiger charge is -2.12. The molecule has 0 spiro atoms. The Morgan fingerprint density at radius 3 is 2.50 bits per heavy atom. The highest BCUT2D eigenvalue weighted by Crippen LogP contribution is 2.41. The number of ether oxygens (including phenoxy) is 2. The molecule has 4 rings (SSSR count). The van der Waals surface area contributed by atoms with Crippen LogP contribution in [0, 0.1) is 5.82 Å². The van der Waals surface area contributed by atoms with Crippen LogP contribution in [0.25, 0.3) is 0 Å². The Kier molecular flexibility index (Phi) is 5.13. The molecule has 2 amide bonds. The first-order valence-electron chi connectivity index (χ1n) is 8.67. The fraction of sp³-hybridized carbons (Fsp3) is 0.150. The van der Waals surface area contributed by atoms with Gasteiger partial charge >= 0.3 is 0 Å². The number of methoxy groups -OCH3 is 2. The van der Waals surface area contributed by atoms with Gasteiger partial charge in [0.25, 0.3) is 11.8 Å². The zero-order valence-electron chi connectivity index (χ0n) is 15.8. The van der Waals surface area contributed by atoms with E-state index in [4.69, 9.17) is 32.7 Å². The van der Waals surface area contributed by atoms with Gasteiger partial charge in [0.15, 0.2) is 16.7 Å². The molecule has 0 aliphatic carbocycles. The van der Waals surface area contributed by atoms with E-state index in [-0.39, 0.29) is 44.8 Å². The number of halogens is 3. The van der Waals surface area contributed by atoms with Crippen LogP contribution in [0.3, 0.4) is 0 Å². The van der Waals surface area contributed by atoms with Crippen LogP contribution in [0.5, 0.6) is 11.5 Å². The zero-order valence-corrected chi connectivity index (χ0v) is 17.3. The maximum atomic E-state index is 14.1. The van der Waals surface area contributed by atoms with Crippen molar-refractivity contribution in [3.8, 4) is 11.5 Å². The van der Waals surface area contributed by atoms with Gasteiger partial charge < -0.3 is 9.47 Å². The Morgan fingerprint density at radius 2 is 1.83 bits per heavy atom. The standard InChI is InChI=1S/C20H14Cl2FN3O4/c1-29-15-7-6-10-16(17(15)30-2)20(28)26(19(10)27)14-9-25(24-18(14)22)8-11-12(21)4-3-5-13(11)23/h3-7,9H,8H2,1-2H3. The van der Waals surface area contributed by atoms with Gasteiger partial charge in [-0.2, -0.15) is 5.10 Å². The molecule has 2 heterocycles. The third-order valence-corrected chi connectivity index (χ3v) is 5.34. The molecular weight excluding hydrogens is 436 g/mol. The van der Waals surface area contributed by atoms with Gasteiger partial charge in [0, 0.05) is 10.6 Å². The molecule has 154 valence electrons. The molecule has 0 saturated carbocycles. The maximum absolute atomic E-state index is 14.1. The molecule has 0 saturated heterocycles. The SMILES string of the molecule is COc1ccc2c(c1OC)C(=O)N(c1cn(Cc3c(F)cccc3Cl)nc1Cl)C2=O.